The first-order valence-electron chi connectivity index (χ1n) is 10.6. The molecular weight excluding hydrogens is 404 g/mol. The Morgan fingerprint density at radius 1 is 1.19 bits per heavy atom. The summed E-state index contributed by atoms with van der Waals surface area (Å²) in [5.41, 5.74) is -0.763. The van der Waals surface area contributed by atoms with Crippen molar-refractivity contribution in [3.8, 4) is 0 Å². The molecule has 168 valence electrons. The number of Topliss-reactive ketones (excluding diaryl/α,β-unsaturated/α-hetero) is 1. The van der Waals surface area contributed by atoms with E-state index in [1.165, 1.54) is 26.6 Å². The van der Waals surface area contributed by atoms with Crippen molar-refractivity contribution in [1.29, 1.82) is 0 Å². The van der Waals surface area contributed by atoms with Crippen LogP contribution in [0.1, 0.15) is 58.1 Å². The van der Waals surface area contributed by atoms with Gasteiger partial charge in [-0.05, 0) is 36.2 Å². The van der Waals surface area contributed by atoms with Gasteiger partial charge in [-0.3, -0.25) is 19.2 Å². The molecule has 2 heterocycles. The van der Waals surface area contributed by atoms with Crippen LogP contribution in [0.4, 0.5) is 0 Å². The van der Waals surface area contributed by atoms with Crippen LogP contribution < -0.4 is 0 Å². The van der Waals surface area contributed by atoms with Gasteiger partial charge < -0.3 is 18.6 Å². The summed E-state index contributed by atoms with van der Waals surface area (Å²) >= 11 is 0. The molecule has 1 aliphatic heterocycles. The van der Waals surface area contributed by atoms with E-state index in [9.17, 15) is 19.2 Å². The largest absolute Gasteiger partial charge is 0.472 e. The van der Waals surface area contributed by atoms with Crippen molar-refractivity contribution in [2.75, 3.05) is 7.11 Å². The fourth-order valence-corrected chi connectivity index (χ4v) is 6.46. The second-order valence-electron chi connectivity index (χ2n) is 9.53. The van der Waals surface area contributed by atoms with E-state index in [0.717, 1.165) is 5.56 Å². The molecule has 8 heteroatoms. The summed E-state index contributed by atoms with van der Waals surface area (Å²) in [6.07, 6.45) is 2.98. The Hall–Kier alpha value is -2.64. The predicted molar refractivity (Wildman–Crippen MR) is 105 cm³/mol. The van der Waals surface area contributed by atoms with Gasteiger partial charge in [0.25, 0.3) is 0 Å². The number of esters is 3. The molecule has 0 aromatic carbocycles. The third kappa shape index (κ3) is 3.27. The Bertz CT molecular complexity index is 905. The molecule has 2 saturated carbocycles. The minimum absolute atomic E-state index is 0.0917. The van der Waals surface area contributed by atoms with Crippen LogP contribution >= 0.6 is 0 Å². The molecule has 2 aliphatic carbocycles. The number of carbonyl (C=O) groups is 4. The van der Waals surface area contributed by atoms with E-state index < -0.39 is 52.7 Å². The number of ketones is 1. The van der Waals surface area contributed by atoms with Crippen LogP contribution in [0.2, 0.25) is 0 Å². The van der Waals surface area contributed by atoms with Gasteiger partial charge in [-0.2, -0.15) is 0 Å². The van der Waals surface area contributed by atoms with E-state index in [1.54, 1.807) is 6.07 Å². The lowest BCUT2D eigenvalue weighted by atomic mass is 9.43. The predicted octanol–water partition coefficient (Wildman–Crippen LogP) is 3.00. The molecule has 2 unspecified atom stereocenters. The van der Waals surface area contributed by atoms with Crippen molar-refractivity contribution in [3.05, 3.63) is 24.2 Å². The number of furan rings is 1. The molecule has 1 saturated heterocycles. The van der Waals surface area contributed by atoms with E-state index >= 15 is 0 Å². The van der Waals surface area contributed by atoms with Gasteiger partial charge in [0.15, 0.2) is 11.9 Å². The van der Waals surface area contributed by atoms with Gasteiger partial charge in [-0.15, -0.1) is 0 Å². The zero-order valence-electron chi connectivity index (χ0n) is 18.2. The smallest absolute Gasteiger partial charge is 0.310 e. The molecular formula is C23H28O8. The van der Waals surface area contributed by atoms with Crippen molar-refractivity contribution < 1.29 is 37.8 Å². The second-order valence-corrected chi connectivity index (χ2v) is 9.53. The van der Waals surface area contributed by atoms with Gasteiger partial charge in [0, 0.05) is 24.8 Å². The van der Waals surface area contributed by atoms with Crippen LogP contribution in [0.5, 0.6) is 0 Å². The molecule has 0 N–H and O–H groups in total. The van der Waals surface area contributed by atoms with Crippen molar-refractivity contribution in [3.63, 3.8) is 0 Å². The monoisotopic (exact) mass is 432 g/mol. The quantitative estimate of drug-likeness (QED) is 0.530. The summed E-state index contributed by atoms with van der Waals surface area (Å²) in [6.45, 7) is 5.09. The highest BCUT2D eigenvalue weighted by Crippen LogP contribution is 2.65. The van der Waals surface area contributed by atoms with Gasteiger partial charge in [0.1, 0.15) is 6.10 Å². The molecule has 4 rings (SSSR count). The molecule has 8 nitrogen and oxygen atoms in total. The Balaban J connectivity index is 1.80. The van der Waals surface area contributed by atoms with Crippen molar-refractivity contribution >= 4 is 23.7 Å². The summed E-state index contributed by atoms with van der Waals surface area (Å²) < 4.78 is 21.3. The first kappa shape index (κ1) is 21.6. The van der Waals surface area contributed by atoms with Gasteiger partial charge in [0.2, 0.25) is 0 Å². The van der Waals surface area contributed by atoms with Gasteiger partial charge in [-0.1, -0.05) is 13.8 Å². The average Bonchev–Trinajstić information content (AvgIpc) is 3.23. The zero-order valence-corrected chi connectivity index (χ0v) is 18.2. The van der Waals surface area contributed by atoms with E-state index in [1.807, 2.05) is 13.8 Å². The Morgan fingerprint density at radius 2 is 1.94 bits per heavy atom. The topological polar surface area (TPSA) is 109 Å². The number of ether oxygens (including phenoxy) is 3. The summed E-state index contributed by atoms with van der Waals surface area (Å²) in [4.78, 5) is 51.2. The minimum atomic E-state index is -1.04. The minimum Gasteiger partial charge on any atom is -0.472 e. The second kappa shape index (κ2) is 7.50. The maximum atomic E-state index is 13.7. The summed E-state index contributed by atoms with van der Waals surface area (Å²) in [6, 6.07) is 1.74. The molecule has 1 aromatic heterocycles. The molecule has 7 atom stereocenters. The fourth-order valence-electron chi connectivity index (χ4n) is 6.46. The number of rotatable bonds is 3. The Labute approximate surface area is 180 Å². The van der Waals surface area contributed by atoms with Gasteiger partial charge >= 0.3 is 17.9 Å². The third-order valence-electron chi connectivity index (χ3n) is 7.81. The lowest BCUT2D eigenvalue weighted by Crippen LogP contribution is -2.64. The average molecular weight is 432 g/mol. The van der Waals surface area contributed by atoms with Crippen LogP contribution in [0.3, 0.4) is 0 Å². The maximum absolute atomic E-state index is 13.7. The standard InChI is InChI=1S/C23H28O8/c1-12(24)30-16-9-15(20(26)28-4)22(2)7-5-14-21(27)31-17(13-6-8-29-11-13)10-23(14,3)19(22)18(16)25/h6,8,11,14-17,19H,5,7,9-10H2,1-4H3/t14?,15-,16+,17-,19?,22-,23-/m0/s1. The number of fused-ring (bicyclic) bond motifs is 3. The summed E-state index contributed by atoms with van der Waals surface area (Å²) in [5.74, 6) is -3.35. The zero-order chi connectivity index (χ0) is 22.6. The van der Waals surface area contributed by atoms with E-state index in [0.29, 0.717) is 19.3 Å². The lowest BCUT2D eigenvalue weighted by Gasteiger charge is -2.60. The van der Waals surface area contributed by atoms with Gasteiger partial charge in [0.05, 0.1) is 31.5 Å². The van der Waals surface area contributed by atoms with Crippen LogP contribution in [-0.4, -0.2) is 36.9 Å². The number of hydrogen-bond acceptors (Lipinski definition) is 8. The number of hydrogen-bond donors (Lipinski definition) is 0. The Kier molecular flexibility index (Phi) is 5.22. The molecule has 0 radical (unpaired) electrons. The van der Waals surface area contributed by atoms with E-state index in [2.05, 4.69) is 0 Å². The van der Waals surface area contributed by atoms with E-state index in [-0.39, 0.29) is 18.2 Å². The molecule has 1 aromatic rings. The maximum Gasteiger partial charge on any atom is 0.310 e. The molecule has 0 bridgehead atoms. The third-order valence-corrected chi connectivity index (χ3v) is 7.81. The molecule has 31 heavy (non-hydrogen) atoms. The summed E-state index contributed by atoms with van der Waals surface area (Å²) in [5, 5.41) is 0. The van der Waals surface area contributed by atoms with Crippen LogP contribution in [0.25, 0.3) is 0 Å². The summed E-state index contributed by atoms with van der Waals surface area (Å²) in [7, 11) is 1.32. The van der Waals surface area contributed by atoms with Crippen molar-refractivity contribution in [2.45, 2.75) is 58.7 Å². The fraction of sp³-hybridized carbons (Fsp3) is 0.652. The first-order valence-corrected chi connectivity index (χ1v) is 10.6. The van der Waals surface area contributed by atoms with E-state index in [4.69, 9.17) is 18.6 Å². The van der Waals surface area contributed by atoms with Crippen LogP contribution in [0, 0.1) is 28.6 Å². The van der Waals surface area contributed by atoms with Crippen LogP contribution in [-0.2, 0) is 33.4 Å². The first-order chi connectivity index (χ1) is 14.6. The number of carbonyl (C=O) groups excluding carboxylic acids is 4. The molecule has 0 spiro atoms. The highest BCUT2D eigenvalue weighted by molar-refractivity contribution is 5.93. The number of methoxy groups -OCH3 is 1. The molecule has 0 amide bonds. The molecule has 3 fully saturated rings. The SMILES string of the molecule is COC(=O)[C@@H]1C[C@@H](OC(C)=O)C(=O)C2[C@@]3(C)C[C@@H](c4ccoc4)OC(=O)C3CC[C@]21C. The Morgan fingerprint density at radius 3 is 2.55 bits per heavy atom. The van der Waals surface area contributed by atoms with Crippen molar-refractivity contribution in [2.24, 2.45) is 28.6 Å². The highest BCUT2D eigenvalue weighted by Gasteiger charge is 2.67. The van der Waals surface area contributed by atoms with Crippen molar-refractivity contribution in [1.82, 2.24) is 0 Å². The highest BCUT2D eigenvalue weighted by atomic mass is 16.6. The normalized spacial score (nSPS) is 39.7. The lowest BCUT2D eigenvalue weighted by molar-refractivity contribution is -0.210. The van der Waals surface area contributed by atoms with Gasteiger partial charge in [-0.25, -0.2) is 0 Å². The molecule has 3 aliphatic rings. The van der Waals surface area contributed by atoms with Crippen LogP contribution in [0.15, 0.2) is 23.0 Å². The number of cyclic esters (lactones) is 1.